The summed E-state index contributed by atoms with van der Waals surface area (Å²) in [6, 6.07) is 9.95. The number of para-hydroxylation sites is 1. The van der Waals surface area contributed by atoms with Crippen molar-refractivity contribution in [2.45, 2.75) is 38.6 Å². The molecule has 0 radical (unpaired) electrons. The first-order chi connectivity index (χ1) is 12.6. The number of fused-ring (bicyclic) bond motifs is 2. The van der Waals surface area contributed by atoms with Crippen molar-refractivity contribution in [2.75, 3.05) is 6.54 Å². The first-order valence-electron chi connectivity index (χ1n) is 9.32. The van der Waals surface area contributed by atoms with Crippen LogP contribution in [0.2, 0.25) is 0 Å². The third-order valence-electron chi connectivity index (χ3n) is 5.56. The molecule has 6 heteroatoms. The van der Waals surface area contributed by atoms with E-state index in [0.29, 0.717) is 6.54 Å². The van der Waals surface area contributed by atoms with Gasteiger partial charge in [-0.1, -0.05) is 31.0 Å². The molecule has 6 nitrogen and oxygen atoms in total. The molecule has 2 atom stereocenters. The fraction of sp³-hybridized carbons (Fsp3) is 0.450. The largest absolute Gasteiger partial charge is 0.357 e. The van der Waals surface area contributed by atoms with Gasteiger partial charge in [-0.2, -0.15) is 0 Å². The van der Waals surface area contributed by atoms with Crippen molar-refractivity contribution >= 4 is 28.6 Å². The quantitative estimate of drug-likeness (QED) is 0.810. The number of imide groups is 1. The molecule has 2 heterocycles. The molecule has 1 aliphatic carbocycles. The Labute approximate surface area is 151 Å². The smallest absolute Gasteiger partial charge is 0.233 e. The van der Waals surface area contributed by atoms with E-state index in [9.17, 15) is 14.4 Å². The average molecular weight is 353 g/mol. The highest BCUT2D eigenvalue weighted by molar-refractivity contribution is 6.05. The van der Waals surface area contributed by atoms with Crippen LogP contribution in [0.3, 0.4) is 0 Å². The van der Waals surface area contributed by atoms with Gasteiger partial charge in [0.1, 0.15) is 0 Å². The van der Waals surface area contributed by atoms with Gasteiger partial charge >= 0.3 is 0 Å². The minimum Gasteiger partial charge on any atom is -0.357 e. The van der Waals surface area contributed by atoms with Crippen molar-refractivity contribution < 1.29 is 14.4 Å². The lowest BCUT2D eigenvalue weighted by molar-refractivity contribution is -0.140. The molecule has 0 spiro atoms. The number of benzene rings is 1. The van der Waals surface area contributed by atoms with Crippen LogP contribution in [0.5, 0.6) is 0 Å². The van der Waals surface area contributed by atoms with Crippen LogP contribution in [-0.2, 0) is 20.9 Å². The number of carbonyl (C=O) groups is 3. The van der Waals surface area contributed by atoms with Crippen LogP contribution in [0, 0.1) is 11.8 Å². The zero-order chi connectivity index (χ0) is 18.1. The number of aromatic amines is 1. The van der Waals surface area contributed by atoms with Gasteiger partial charge in [0.25, 0.3) is 0 Å². The first kappa shape index (κ1) is 16.8. The molecule has 2 aromatic rings. The number of likely N-dealkylation sites (tertiary alicyclic amines) is 1. The number of carbonyl (C=O) groups excluding carboxylic acids is 3. The topological polar surface area (TPSA) is 82.3 Å². The Morgan fingerprint density at radius 1 is 1.12 bits per heavy atom. The molecule has 26 heavy (non-hydrogen) atoms. The molecule has 1 aliphatic heterocycles. The Kier molecular flexibility index (Phi) is 4.49. The molecule has 1 aromatic heterocycles. The number of aromatic nitrogens is 1. The van der Waals surface area contributed by atoms with Gasteiger partial charge in [-0.3, -0.25) is 19.3 Å². The van der Waals surface area contributed by atoms with Crippen LogP contribution >= 0.6 is 0 Å². The lowest BCUT2D eigenvalue weighted by Crippen LogP contribution is -2.35. The Balaban J connectivity index is 1.30. The molecule has 0 unspecified atom stereocenters. The Hall–Kier alpha value is -2.63. The number of nitrogens with one attached hydrogen (secondary N) is 2. The van der Waals surface area contributed by atoms with E-state index in [1.165, 1.54) is 4.90 Å². The summed E-state index contributed by atoms with van der Waals surface area (Å²) in [6.45, 7) is 0.587. The fourth-order valence-electron chi connectivity index (χ4n) is 4.18. The van der Waals surface area contributed by atoms with Crippen LogP contribution in [0.4, 0.5) is 0 Å². The maximum Gasteiger partial charge on any atom is 0.233 e. The van der Waals surface area contributed by atoms with Gasteiger partial charge in [0.05, 0.1) is 18.4 Å². The summed E-state index contributed by atoms with van der Waals surface area (Å²) in [5.74, 6) is -0.610. The molecule has 0 bridgehead atoms. The number of amides is 3. The number of rotatable bonds is 5. The van der Waals surface area contributed by atoms with Gasteiger partial charge in [0.15, 0.2) is 0 Å². The summed E-state index contributed by atoms with van der Waals surface area (Å²) in [5.41, 5.74) is 1.96. The van der Waals surface area contributed by atoms with Crippen molar-refractivity contribution in [1.82, 2.24) is 15.2 Å². The molecular formula is C20H23N3O3. The molecule has 2 N–H and O–H groups in total. The minimum atomic E-state index is -0.154. The van der Waals surface area contributed by atoms with E-state index in [2.05, 4.69) is 10.3 Å². The predicted molar refractivity (Wildman–Crippen MR) is 96.9 cm³/mol. The molecule has 2 fully saturated rings. The molecule has 4 rings (SSSR count). The highest BCUT2D eigenvalue weighted by Crippen LogP contribution is 2.37. The van der Waals surface area contributed by atoms with Crippen LogP contribution in [-0.4, -0.2) is 34.2 Å². The van der Waals surface area contributed by atoms with E-state index in [-0.39, 0.29) is 42.5 Å². The van der Waals surface area contributed by atoms with Gasteiger partial charge in [0, 0.05) is 24.2 Å². The first-order valence-corrected chi connectivity index (χ1v) is 9.32. The maximum atomic E-state index is 12.4. The van der Waals surface area contributed by atoms with Crippen LogP contribution in [0.15, 0.2) is 30.3 Å². The summed E-state index contributed by atoms with van der Waals surface area (Å²) in [7, 11) is 0. The molecule has 1 saturated heterocycles. The van der Waals surface area contributed by atoms with Crippen molar-refractivity contribution in [1.29, 1.82) is 0 Å². The summed E-state index contributed by atoms with van der Waals surface area (Å²) in [6.07, 6.45) is 3.78. The van der Waals surface area contributed by atoms with Crippen LogP contribution in [0.1, 0.15) is 37.8 Å². The Morgan fingerprint density at radius 3 is 2.50 bits per heavy atom. The summed E-state index contributed by atoms with van der Waals surface area (Å²) < 4.78 is 0. The normalized spacial score (nSPS) is 22.7. The summed E-state index contributed by atoms with van der Waals surface area (Å²) >= 11 is 0. The minimum absolute atomic E-state index is 0.0804. The number of H-pyrrole nitrogens is 1. The number of hydrogen-bond acceptors (Lipinski definition) is 3. The summed E-state index contributed by atoms with van der Waals surface area (Å²) in [5, 5.41) is 3.96. The molecular weight excluding hydrogens is 330 g/mol. The second-order valence-corrected chi connectivity index (χ2v) is 7.23. The molecule has 1 aromatic carbocycles. The molecule has 3 amide bonds. The van der Waals surface area contributed by atoms with Crippen molar-refractivity contribution in [3.63, 3.8) is 0 Å². The van der Waals surface area contributed by atoms with E-state index < -0.39 is 0 Å². The van der Waals surface area contributed by atoms with Crippen LogP contribution in [0.25, 0.3) is 10.9 Å². The van der Waals surface area contributed by atoms with E-state index >= 15 is 0 Å². The van der Waals surface area contributed by atoms with E-state index in [1.54, 1.807) is 0 Å². The van der Waals surface area contributed by atoms with E-state index in [1.807, 2.05) is 30.3 Å². The van der Waals surface area contributed by atoms with Crippen molar-refractivity contribution in [3.05, 3.63) is 36.0 Å². The Bertz CT molecular complexity index is 800. The zero-order valence-corrected chi connectivity index (χ0v) is 14.7. The monoisotopic (exact) mass is 353 g/mol. The Morgan fingerprint density at radius 2 is 1.81 bits per heavy atom. The van der Waals surface area contributed by atoms with Gasteiger partial charge < -0.3 is 10.3 Å². The fourth-order valence-corrected chi connectivity index (χ4v) is 4.18. The van der Waals surface area contributed by atoms with Crippen molar-refractivity contribution in [2.24, 2.45) is 11.8 Å². The van der Waals surface area contributed by atoms with Gasteiger partial charge in [0.2, 0.25) is 17.7 Å². The SMILES string of the molecule is O=C(CCN1C(=O)[C@H]2CCCC[C@H]2C1=O)NCc1cc2ccccc2[nH]1. The van der Waals surface area contributed by atoms with Crippen molar-refractivity contribution in [3.8, 4) is 0 Å². The highest BCUT2D eigenvalue weighted by Gasteiger charge is 2.47. The van der Waals surface area contributed by atoms with Gasteiger partial charge in [-0.15, -0.1) is 0 Å². The summed E-state index contributed by atoms with van der Waals surface area (Å²) in [4.78, 5) is 41.5. The standard InChI is InChI=1S/C20H23N3O3/c24-18(21-12-14-11-13-5-1-4-8-17(13)22-14)9-10-23-19(25)15-6-2-3-7-16(15)20(23)26/h1,4-5,8,11,15-16,22H,2-3,6-7,9-10,12H2,(H,21,24)/t15-,16+. The molecule has 1 saturated carbocycles. The predicted octanol–water partition coefficient (Wildman–Crippen LogP) is 2.35. The number of nitrogens with zero attached hydrogens (tertiary/aromatic N) is 1. The second-order valence-electron chi connectivity index (χ2n) is 7.23. The third-order valence-corrected chi connectivity index (χ3v) is 5.56. The maximum absolute atomic E-state index is 12.4. The lowest BCUT2D eigenvalue weighted by atomic mass is 9.81. The van der Waals surface area contributed by atoms with Crippen LogP contribution < -0.4 is 5.32 Å². The highest BCUT2D eigenvalue weighted by atomic mass is 16.2. The zero-order valence-electron chi connectivity index (χ0n) is 14.7. The van der Waals surface area contributed by atoms with Gasteiger partial charge in [-0.05, 0) is 30.4 Å². The van der Waals surface area contributed by atoms with Gasteiger partial charge in [-0.25, -0.2) is 0 Å². The second kappa shape index (κ2) is 6.94. The number of hydrogen-bond donors (Lipinski definition) is 2. The molecule has 136 valence electrons. The lowest BCUT2D eigenvalue weighted by Gasteiger charge is -2.19. The van der Waals surface area contributed by atoms with E-state index in [0.717, 1.165) is 42.3 Å². The average Bonchev–Trinajstić information content (AvgIpc) is 3.18. The molecule has 2 aliphatic rings. The third kappa shape index (κ3) is 3.11. The van der Waals surface area contributed by atoms with E-state index in [4.69, 9.17) is 0 Å².